The number of aliphatic hydroxyl groups excluding tert-OH is 2. The molecule has 19 heavy (non-hydrogen) atoms. The molecule has 0 heterocycles. The standard InChI is InChI=1S/C10H16.2C3H8O.Ti/c1-9(2)7-5-6-8-10(3)4;2*1-3(2)4;/h5-6H2,1-4H3;2*3-4H,1-2H3;/q-2;;;+2. The van der Waals surface area contributed by atoms with E-state index in [0.29, 0.717) is 0 Å². The number of hydrogen-bond acceptors (Lipinski definition) is 2. The number of allylic oxidation sites excluding steroid dienone is 4. The van der Waals surface area contributed by atoms with Crippen molar-refractivity contribution in [1.29, 1.82) is 0 Å². The second-order valence-corrected chi connectivity index (χ2v) is 5.04. The van der Waals surface area contributed by atoms with Crippen molar-refractivity contribution in [2.45, 2.75) is 80.4 Å². The summed E-state index contributed by atoms with van der Waals surface area (Å²) >= 11 is 0. The maximum Gasteiger partial charge on any atom is 2.00 e. The summed E-state index contributed by atoms with van der Waals surface area (Å²) in [6.07, 6.45) is 8.16. The number of hydrogen-bond donors (Lipinski definition) is 2. The van der Waals surface area contributed by atoms with E-state index >= 15 is 0 Å². The van der Waals surface area contributed by atoms with E-state index in [-0.39, 0.29) is 33.9 Å². The Bertz CT molecular complexity index is 181. The van der Waals surface area contributed by atoms with Gasteiger partial charge in [-0.25, -0.2) is 12.8 Å². The van der Waals surface area contributed by atoms with E-state index in [0.717, 1.165) is 12.8 Å². The van der Waals surface area contributed by atoms with Gasteiger partial charge in [-0.05, 0) is 27.7 Å². The minimum absolute atomic E-state index is 0. The fraction of sp³-hybridized carbons (Fsp3) is 0.750. The van der Waals surface area contributed by atoms with E-state index in [4.69, 9.17) is 10.2 Å². The number of rotatable bonds is 3. The zero-order valence-electron chi connectivity index (χ0n) is 14.0. The van der Waals surface area contributed by atoms with Gasteiger partial charge in [-0.2, -0.15) is 0 Å². The fourth-order valence-electron chi connectivity index (χ4n) is 0.625. The third kappa shape index (κ3) is 92.9. The molecule has 3 heteroatoms. The first-order valence-electron chi connectivity index (χ1n) is 6.53. The van der Waals surface area contributed by atoms with Crippen LogP contribution in [0.15, 0.2) is 11.1 Å². The summed E-state index contributed by atoms with van der Waals surface area (Å²) in [5.74, 6) is 0. The molecule has 0 aliphatic carbocycles. The molecule has 0 saturated carbocycles. The van der Waals surface area contributed by atoms with Gasteiger partial charge in [0.05, 0.1) is 0 Å². The first kappa shape index (κ1) is 27.5. The molecule has 0 aliphatic heterocycles. The SMILES string of the molecule is CC(C)=[C-]CC[C-]=C(C)C.CC(C)O.CC(C)O.[Ti+2]. The van der Waals surface area contributed by atoms with Gasteiger partial charge in [-0.3, -0.25) is 11.1 Å². The van der Waals surface area contributed by atoms with Gasteiger partial charge >= 0.3 is 21.7 Å². The van der Waals surface area contributed by atoms with Gasteiger partial charge in [0.2, 0.25) is 0 Å². The first-order chi connectivity index (χ1) is 8.09. The molecule has 0 unspecified atom stereocenters. The molecule has 0 aliphatic rings. The molecule has 0 aromatic rings. The van der Waals surface area contributed by atoms with Crippen molar-refractivity contribution in [3.05, 3.63) is 23.3 Å². The van der Waals surface area contributed by atoms with E-state index in [9.17, 15) is 0 Å². The molecule has 112 valence electrons. The zero-order valence-corrected chi connectivity index (χ0v) is 15.5. The Morgan fingerprint density at radius 3 is 1.00 bits per heavy atom. The van der Waals surface area contributed by atoms with Crippen molar-refractivity contribution in [3.8, 4) is 0 Å². The first-order valence-corrected chi connectivity index (χ1v) is 6.53. The van der Waals surface area contributed by atoms with Gasteiger partial charge < -0.3 is 22.4 Å². The third-order valence-electron chi connectivity index (χ3n) is 1.08. The quantitative estimate of drug-likeness (QED) is 0.468. The molecule has 2 nitrogen and oxygen atoms in total. The van der Waals surface area contributed by atoms with E-state index in [1.165, 1.54) is 11.1 Å². The molecule has 0 radical (unpaired) electrons. The smallest absolute Gasteiger partial charge is 0.500 e. The monoisotopic (exact) mass is 304 g/mol. The van der Waals surface area contributed by atoms with Gasteiger partial charge in [0.1, 0.15) is 0 Å². The molecule has 0 bridgehead atoms. The second kappa shape index (κ2) is 20.4. The van der Waals surface area contributed by atoms with E-state index in [1.54, 1.807) is 27.7 Å². The topological polar surface area (TPSA) is 40.5 Å². The molecule has 0 aromatic carbocycles. The van der Waals surface area contributed by atoms with Crippen LogP contribution < -0.4 is 0 Å². The Labute approximate surface area is 135 Å². The average Bonchev–Trinajstić information content (AvgIpc) is 2.09. The van der Waals surface area contributed by atoms with Crippen molar-refractivity contribution >= 4 is 0 Å². The average molecular weight is 304 g/mol. The van der Waals surface area contributed by atoms with Gasteiger partial charge in [-0.15, -0.1) is 0 Å². The van der Waals surface area contributed by atoms with Gasteiger partial charge in [0.15, 0.2) is 0 Å². The van der Waals surface area contributed by atoms with E-state index < -0.39 is 0 Å². The van der Waals surface area contributed by atoms with E-state index in [1.807, 2.05) is 0 Å². The summed E-state index contributed by atoms with van der Waals surface area (Å²) in [6.45, 7) is 15.2. The minimum atomic E-state index is -0.167. The normalized spacial score (nSPS) is 8.42. The molecular formula is C16H32O2Ti. The Balaban J connectivity index is -0.000000105. The maximum atomic E-state index is 8.06. The van der Waals surface area contributed by atoms with Crippen LogP contribution in [-0.2, 0) is 21.7 Å². The van der Waals surface area contributed by atoms with Crippen LogP contribution in [0.1, 0.15) is 68.2 Å². The van der Waals surface area contributed by atoms with Crippen LogP contribution in [0.4, 0.5) is 0 Å². The molecule has 0 fully saturated rings. The largest absolute Gasteiger partial charge is 2.00 e. The van der Waals surface area contributed by atoms with Gasteiger partial charge in [-0.1, -0.05) is 27.7 Å². The molecule has 0 aromatic heterocycles. The summed E-state index contributed by atoms with van der Waals surface area (Å²) in [5.41, 5.74) is 2.55. The van der Waals surface area contributed by atoms with Crippen molar-refractivity contribution in [2.24, 2.45) is 0 Å². The van der Waals surface area contributed by atoms with Crippen molar-refractivity contribution < 1.29 is 31.9 Å². The van der Waals surface area contributed by atoms with Crippen molar-refractivity contribution in [1.82, 2.24) is 0 Å². The summed E-state index contributed by atoms with van der Waals surface area (Å²) in [7, 11) is 0. The van der Waals surface area contributed by atoms with Crippen LogP contribution >= 0.6 is 0 Å². The molecule has 0 saturated heterocycles. The van der Waals surface area contributed by atoms with Crippen LogP contribution in [0.2, 0.25) is 0 Å². The van der Waals surface area contributed by atoms with Crippen molar-refractivity contribution in [2.75, 3.05) is 0 Å². The van der Waals surface area contributed by atoms with Crippen LogP contribution in [0.3, 0.4) is 0 Å². The Morgan fingerprint density at radius 2 is 0.895 bits per heavy atom. The Hall–Kier alpha value is 0.114. The maximum absolute atomic E-state index is 8.06. The molecule has 0 atom stereocenters. The van der Waals surface area contributed by atoms with Crippen LogP contribution in [0.5, 0.6) is 0 Å². The zero-order chi connectivity index (χ0) is 15.1. The summed E-state index contributed by atoms with van der Waals surface area (Å²) < 4.78 is 0. The van der Waals surface area contributed by atoms with Gasteiger partial charge in [0.25, 0.3) is 0 Å². The molecule has 0 amide bonds. The second-order valence-electron chi connectivity index (χ2n) is 5.04. The molecule has 0 rings (SSSR count). The van der Waals surface area contributed by atoms with Crippen LogP contribution in [0.25, 0.3) is 0 Å². The predicted octanol–water partition coefficient (Wildman–Crippen LogP) is 4.08. The molecule has 0 spiro atoms. The summed E-state index contributed by atoms with van der Waals surface area (Å²) in [4.78, 5) is 0. The summed E-state index contributed by atoms with van der Waals surface area (Å²) in [5, 5.41) is 16.1. The third-order valence-corrected chi connectivity index (χ3v) is 1.08. The summed E-state index contributed by atoms with van der Waals surface area (Å²) in [6, 6.07) is 0. The number of unbranched alkanes of at least 4 members (excludes halogenated alkanes) is 1. The predicted molar refractivity (Wildman–Crippen MR) is 80.2 cm³/mol. The molecule has 2 N–H and O–H groups in total. The Kier molecular flexibility index (Phi) is 29.5. The van der Waals surface area contributed by atoms with Gasteiger partial charge in [0, 0.05) is 12.2 Å². The fourth-order valence-corrected chi connectivity index (χ4v) is 0.625. The number of aliphatic hydroxyl groups is 2. The molecular weight excluding hydrogens is 272 g/mol. The Morgan fingerprint density at radius 1 is 0.737 bits per heavy atom. The van der Waals surface area contributed by atoms with Crippen LogP contribution in [0, 0.1) is 12.2 Å². The van der Waals surface area contributed by atoms with Crippen LogP contribution in [-0.4, -0.2) is 22.4 Å². The van der Waals surface area contributed by atoms with Crippen molar-refractivity contribution in [3.63, 3.8) is 0 Å². The minimum Gasteiger partial charge on any atom is -0.500 e. The van der Waals surface area contributed by atoms with E-state index in [2.05, 4.69) is 39.8 Å².